The van der Waals surface area contributed by atoms with Gasteiger partial charge in [0, 0.05) is 18.9 Å². The van der Waals surface area contributed by atoms with Gasteiger partial charge in [-0.1, -0.05) is 43.2 Å². The zero-order chi connectivity index (χ0) is 21.4. The summed E-state index contributed by atoms with van der Waals surface area (Å²) in [6.07, 6.45) is 6.36. The predicted octanol–water partition coefficient (Wildman–Crippen LogP) is 2.22. The first-order valence-corrected chi connectivity index (χ1v) is 10.9. The zero-order valence-electron chi connectivity index (χ0n) is 17.2. The largest absolute Gasteiger partial charge is 0.368 e. The van der Waals surface area contributed by atoms with Crippen LogP contribution >= 0.6 is 0 Å². The number of carbonyl (C=O) groups is 3. The summed E-state index contributed by atoms with van der Waals surface area (Å²) in [4.78, 5) is 44.7. The van der Waals surface area contributed by atoms with Crippen LogP contribution in [0.15, 0.2) is 48.8 Å². The first-order valence-electron chi connectivity index (χ1n) is 10.9. The summed E-state index contributed by atoms with van der Waals surface area (Å²) >= 11 is 0. The summed E-state index contributed by atoms with van der Waals surface area (Å²) in [5.41, 5.74) is 2.12. The zero-order valence-corrected chi connectivity index (χ0v) is 17.2. The van der Waals surface area contributed by atoms with Gasteiger partial charge in [0.2, 0.25) is 5.91 Å². The maximum atomic E-state index is 13.4. The molecule has 1 N–H and O–H groups in total. The number of rotatable bonds is 6. The second-order valence-corrected chi connectivity index (χ2v) is 8.57. The molecule has 2 aromatic rings. The van der Waals surface area contributed by atoms with Crippen molar-refractivity contribution in [1.29, 1.82) is 0 Å². The molecule has 5 rings (SSSR count). The Morgan fingerprint density at radius 2 is 1.97 bits per heavy atom. The molecule has 1 saturated carbocycles. The number of hydrogen-bond donors (Lipinski definition) is 1. The number of nitrogens with zero attached hydrogens (tertiary/aromatic N) is 2. The third-order valence-electron chi connectivity index (χ3n) is 6.41. The number of nitrogens with one attached hydrogen (secondary N) is 1. The fourth-order valence-corrected chi connectivity index (χ4v) is 4.63. The van der Waals surface area contributed by atoms with Gasteiger partial charge in [-0.25, -0.2) is 0 Å². The van der Waals surface area contributed by atoms with Crippen molar-refractivity contribution in [2.24, 2.45) is 5.92 Å². The fraction of sp³-hybridized carbons (Fsp3) is 0.417. The number of Topliss-reactive ketones (excluding diaryl/α,β-unsaturated/α-hetero) is 1. The van der Waals surface area contributed by atoms with Crippen molar-refractivity contribution >= 4 is 17.6 Å². The molecule has 7 heteroatoms. The molecule has 3 aliphatic rings. The van der Waals surface area contributed by atoms with Crippen molar-refractivity contribution in [2.75, 3.05) is 13.2 Å². The van der Waals surface area contributed by atoms with Gasteiger partial charge in [-0.3, -0.25) is 19.4 Å². The molecule has 2 amide bonds. The lowest BCUT2D eigenvalue weighted by atomic mass is 10.0. The molecule has 1 aromatic carbocycles. The van der Waals surface area contributed by atoms with Crippen molar-refractivity contribution in [3.63, 3.8) is 0 Å². The number of likely N-dealkylation sites (tertiary alicyclic amines) is 1. The summed E-state index contributed by atoms with van der Waals surface area (Å²) < 4.78 is 5.52. The highest BCUT2D eigenvalue weighted by atomic mass is 16.5. The fourth-order valence-electron chi connectivity index (χ4n) is 4.63. The first-order chi connectivity index (χ1) is 15.1. The highest BCUT2D eigenvalue weighted by molar-refractivity contribution is 6.03. The number of carbonyl (C=O) groups excluding carboxylic acids is 3. The Bertz CT molecular complexity index is 1000. The van der Waals surface area contributed by atoms with Gasteiger partial charge in [0.25, 0.3) is 5.91 Å². The molecule has 3 heterocycles. The maximum Gasteiger partial charge on any atom is 0.254 e. The van der Waals surface area contributed by atoms with E-state index in [9.17, 15) is 14.4 Å². The van der Waals surface area contributed by atoms with Gasteiger partial charge in [0.05, 0.1) is 11.7 Å². The summed E-state index contributed by atoms with van der Waals surface area (Å²) in [6, 6.07) is 10.3. The minimum atomic E-state index is -0.657. The van der Waals surface area contributed by atoms with Gasteiger partial charge < -0.3 is 15.0 Å². The van der Waals surface area contributed by atoms with Crippen LogP contribution in [0.5, 0.6) is 0 Å². The molecule has 1 aliphatic carbocycles. The van der Waals surface area contributed by atoms with Crippen LogP contribution < -0.4 is 5.32 Å². The van der Waals surface area contributed by atoms with E-state index in [1.807, 2.05) is 36.4 Å². The smallest absolute Gasteiger partial charge is 0.254 e. The monoisotopic (exact) mass is 419 g/mol. The minimum absolute atomic E-state index is 0.0500. The number of ether oxygens (including phenoxy) is 1. The molecule has 2 saturated heterocycles. The SMILES string of the molecule is O=C(NC(CC1CC1)C(=O)N1CCC2OCC(=O)C21)c1cnccc1-c1ccccc1. The van der Waals surface area contributed by atoms with E-state index in [1.54, 1.807) is 11.1 Å². The minimum Gasteiger partial charge on any atom is -0.368 e. The molecule has 0 radical (unpaired) electrons. The van der Waals surface area contributed by atoms with E-state index >= 15 is 0 Å². The van der Waals surface area contributed by atoms with Gasteiger partial charge in [-0.2, -0.15) is 0 Å². The van der Waals surface area contributed by atoms with Gasteiger partial charge in [-0.05, 0) is 36.0 Å². The molecule has 7 nitrogen and oxygen atoms in total. The summed E-state index contributed by atoms with van der Waals surface area (Å²) in [6.45, 7) is 0.550. The van der Waals surface area contributed by atoms with Crippen molar-refractivity contribution in [3.8, 4) is 11.1 Å². The van der Waals surface area contributed by atoms with Crippen LogP contribution in [0, 0.1) is 5.92 Å². The van der Waals surface area contributed by atoms with Gasteiger partial charge in [0.15, 0.2) is 5.78 Å². The maximum absolute atomic E-state index is 13.4. The molecule has 1 aromatic heterocycles. The van der Waals surface area contributed by atoms with Crippen molar-refractivity contribution in [1.82, 2.24) is 15.2 Å². The number of amides is 2. The average molecular weight is 419 g/mol. The number of aromatic nitrogens is 1. The van der Waals surface area contributed by atoms with Crippen LogP contribution in [0.2, 0.25) is 0 Å². The Kier molecular flexibility index (Phi) is 5.28. The van der Waals surface area contributed by atoms with Crippen LogP contribution in [0.4, 0.5) is 0 Å². The molecular weight excluding hydrogens is 394 g/mol. The number of ketones is 1. The number of fused-ring (bicyclic) bond motifs is 1. The highest BCUT2D eigenvalue weighted by Crippen LogP contribution is 2.35. The van der Waals surface area contributed by atoms with Gasteiger partial charge >= 0.3 is 0 Å². The van der Waals surface area contributed by atoms with E-state index in [4.69, 9.17) is 4.74 Å². The molecule has 3 atom stereocenters. The molecule has 0 spiro atoms. The molecule has 2 aliphatic heterocycles. The van der Waals surface area contributed by atoms with Crippen molar-refractivity contribution in [3.05, 3.63) is 54.4 Å². The highest BCUT2D eigenvalue weighted by Gasteiger charge is 2.48. The average Bonchev–Trinajstić information content (AvgIpc) is 3.40. The summed E-state index contributed by atoms with van der Waals surface area (Å²) in [7, 11) is 0. The Morgan fingerprint density at radius 1 is 1.16 bits per heavy atom. The Morgan fingerprint density at radius 3 is 2.74 bits per heavy atom. The van der Waals surface area contributed by atoms with E-state index in [-0.39, 0.29) is 30.3 Å². The molecule has 3 unspecified atom stereocenters. The van der Waals surface area contributed by atoms with E-state index in [0.717, 1.165) is 24.0 Å². The van der Waals surface area contributed by atoms with E-state index in [1.165, 1.54) is 6.20 Å². The Labute approximate surface area is 180 Å². The quantitative estimate of drug-likeness (QED) is 0.776. The van der Waals surface area contributed by atoms with Crippen LogP contribution in [0.3, 0.4) is 0 Å². The Balaban J connectivity index is 1.38. The third-order valence-corrected chi connectivity index (χ3v) is 6.41. The first kappa shape index (κ1) is 19.9. The van der Waals surface area contributed by atoms with Crippen molar-refractivity contribution < 1.29 is 19.1 Å². The standard InChI is InChI=1S/C24H25N3O4/c28-20-14-31-21-9-11-27(22(20)21)24(30)19(12-15-6-7-15)26-23(29)18-13-25-10-8-17(18)16-4-2-1-3-5-16/h1-5,8,10,13,15,19,21-22H,6-7,9,11-12,14H2,(H,26,29). The molecule has 3 fully saturated rings. The second kappa shape index (κ2) is 8.23. The van der Waals surface area contributed by atoms with Crippen LogP contribution in [0.25, 0.3) is 11.1 Å². The molecular formula is C24H25N3O4. The number of hydrogen-bond acceptors (Lipinski definition) is 5. The lowest BCUT2D eigenvalue weighted by Gasteiger charge is -2.27. The molecule has 31 heavy (non-hydrogen) atoms. The number of pyridine rings is 1. The third kappa shape index (κ3) is 3.97. The normalized spacial score (nSPS) is 23.5. The summed E-state index contributed by atoms with van der Waals surface area (Å²) in [5, 5.41) is 2.96. The Hall–Kier alpha value is -3.06. The van der Waals surface area contributed by atoms with Crippen LogP contribution in [-0.4, -0.2) is 58.8 Å². The van der Waals surface area contributed by atoms with E-state index in [0.29, 0.717) is 30.9 Å². The number of benzene rings is 1. The lowest BCUT2D eigenvalue weighted by Crippen LogP contribution is -2.52. The molecule has 0 bridgehead atoms. The molecule has 160 valence electrons. The van der Waals surface area contributed by atoms with E-state index in [2.05, 4.69) is 10.3 Å². The van der Waals surface area contributed by atoms with Gasteiger partial charge in [-0.15, -0.1) is 0 Å². The topological polar surface area (TPSA) is 88.6 Å². The predicted molar refractivity (Wildman–Crippen MR) is 113 cm³/mol. The summed E-state index contributed by atoms with van der Waals surface area (Å²) in [5.74, 6) is -0.121. The second-order valence-electron chi connectivity index (χ2n) is 8.57. The van der Waals surface area contributed by atoms with Crippen LogP contribution in [0.1, 0.15) is 36.0 Å². The van der Waals surface area contributed by atoms with Crippen LogP contribution in [-0.2, 0) is 14.3 Å². The van der Waals surface area contributed by atoms with E-state index < -0.39 is 12.1 Å². The van der Waals surface area contributed by atoms with Gasteiger partial charge in [0.1, 0.15) is 18.7 Å². The van der Waals surface area contributed by atoms with Crippen molar-refractivity contribution in [2.45, 2.75) is 43.9 Å². The lowest BCUT2D eigenvalue weighted by molar-refractivity contribution is -0.138.